The molecule has 1 aliphatic heterocycles. The van der Waals surface area contributed by atoms with Gasteiger partial charge in [-0.1, -0.05) is 18.2 Å². The van der Waals surface area contributed by atoms with Gasteiger partial charge in [0.25, 0.3) is 0 Å². The molecule has 3 N–H and O–H groups in total. The lowest BCUT2D eigenvalue weighted by atomic mass is 10.1. The van der Waals surface area contributed by atoms with E-state index in [0.717, 1.165) is 31.9 Å². The number of hydrogen-bond acceptors (Lipinski definition) is 4. The molecule has 2 unspecified atom stereocenters. The summed E-state index contributed by atoms with van der Waals surface area (Å²) in [5, 5.41) is 22.3. The average molecular weight is 274 g/mol. The van der Waals surface area contributed by atoms with Crippen molar-refractivity contribution in [2.45, 2.75) is 26.1 Å². The number of aryl methyl sites for hydroxylation is 1. The van der Waals surface area contributed by atoms with Crippen molar-refractivity contribution in [2.24, 2.45) is 5.92 Å². The third-order valence-corrected chi connectivity index (χ3v) is 4.04. The fourth-order valence-corrected chi connectivity index (χ4v) is 2.87. The summed E-state index contributed by atoms with van der Waals surface area (Å²) in [4.78, 5) is 0. The average Bonchev–Trinajstić information content (AvgIpc) is 3.04. The Hall–Kier alpha value is -1.43. The Morgan fingerprint density at radius 3 is 3.00 bits per heavy atom. The number of nitrogens with zero attached hydrogens (tertiary/aromatic N) is 2. The van der Waals surface area contributed by atoms with Gasteiger partial charge in [0, 0.05) is 44.0 Å². The van der Waals surface area contributed by atoms with Crippen LogP contribution in [0.2, 0.25) is 0 Å². The zero-order valence-electron chi connectivity index (χ0n) is 11.8. The fourth-order valence-electron chi connectivity index (χ4n) is 2.87. The molecule has 1 aliphatic rings. The molecule has 5 nitrogen and oxygen atoms in total. The zero-order valence-corrected chi connectivity index (χ0v) is 11.8. The Morgan fingerprint density at radius 2 is 2.25 bits per heavy atom. The van der Waals surface area contributed by atoms with Crippen molar-refractivity contribution in [3.05, 3.63) is 30.0 Å². The van der Waals surface area contributed by atoms with Crippen molar-refractivity contribution in [3.63, 3.8) is 0 Å². The largest absolute Gasteiger partial charge is 0.391 e. The second kappa shape index (κ2) is 5.91. The molecule has 3 rings (SSSR count). The number of hydrogen-bond donors (Lipinski definition) is 3. The minimum Gasteiger partial charge on any atom is -0.391 e. The van der Waals surface area contributed by atoms with Crippen LogP contribution in [0.15, 0.2) is 24.3 Å². The number of β-amino-alcohol motifs (C(OH)–C–C–N with tert-alkyl or cyclic N) is 1. The second-order valence-electron chi connectivity index (χ2n) is 5.40. The molecule has 0 spiro atoms. The minimum atomic E-state index is -0.229. The van der Waals surface area contributed by atoms with Crippen LogP contribution in [0.4, 0.5) is 0 Å². The van der Waals surface area contributed by atoms with E-state index in [4.69, 9.17) is 0 Å². The van der Waals surface area contributed by atoms with Crippen molar-refractivity contribution in [1.29, 1.82) is 0 Å². The highest BCUT2D eigenvalue weighted by atomic mass is 16.3. The highest BCUT2D eigenvalue weighted by molar-refractivity contribution is 5.81. The molecule has 0 aliphatic carbocycles. The molecule has 0 radical (unpaired) electrons. The number of nitrogens with one attached hydrogen (secondary N) is 2. The summed E-state index contributed by atoms with van der Waals surface area (Å²) < 4.78 is 2.04. The monoisotopic (exact) mass is 274 g/mol. The summed E-state index contributed by atoms with van der Waals surface area (Å²) in [7, 11) is 0. The summed E-state index contributed by atoms with van der Waals surface area (Å²) in [6.07, 6.45) is -0.229. The van der Waals surface area contributed by atoms with Gasteiger partial charge in [-0.3, -0.25) is 4.68 Å². The van der Waals surface area contributed by atoms with Crippen LogP contribution in [0, 0.1) is 5.92 Å². The summed E-state index contributed by atoms with van der Waals surface area (Å²) in [6, 6.07) is 8.34. The summed E-state index contributed by atoms with van der Waals surface area (Å²) in [5.41, 5.74) is 2.28. The molecule has 1 aromatic carbocycles. The third kappa shape index (κ3) is 2.57. The van der Waals surface area contributed by atoms with Crippen LogP contribution in [0.25, 0.3) is 10.9 Å². The van der Waals surface area contributed by atoms with Gasteiger partial charge in [0.1, 0.15) is 0 Å². The van der Waals surface area contributed by atoms with Gasteiger partial charge < -0.3 is 15.7 Å². The first-order chi connectivity index (χ1) is 9.79. The quantitative estimate of drug-likeness (QED) is 0.752. The topological polar surface area (TPSA) is 62.1 Å². The first-order valence-corrected chi connectivity index (χ1v) is 7.33. The number of aliphatic hydroxyl groups excluding tert-OH is 1. The molecule has 20 heavy (non-hydrogen) atoms. The maximum absolute atomic E-state index is 9.78. The standard InChI is InChI=1S/C15H22N4O/c1-2-19-14-6-4-3-5-12(14)13(18-19)9-16-7-11-8-17-10-15(11)20/h3-6,11,15-17,20H,2,7-10H2,1H3. The van der Waals surface area contributed by atoms with E-state index in [-0.39, 0.29) is 6.10 Å². The van der Waals surface area contributed by atoms with E-state index in [9.17, 15) is 5.11 Å². The van der Waals surface area contributed by atoms with E-state index >= 15 is 0 Å². The SMILES string of the molecule is CCn1nc(CNCC2CNCC2O)c2ccccc21. The Labute approximate surface area is 119 Å². The Bertz CT molecular complexity index is 580. The molecule has 1 fully saturated rings. The Kier molecular flexibility index (Phi) is 4.00. The molecule has 2 aromatic rings. The van der Waals surface area contributed by atoms with Crippen molar-refractivity contribution in [1.82, 2.24) is 20.4 Å². The van der Waals surface area contributed by atoms with Gasteiger partial charge in [0.2, 0.25) is 0 Å². The lowest BCUT2D eigenvalue weighted by molar-refractivity contribution is 0.146. The van der Waals surface area contributed by atoms with Crippen LogP contribution in [0.5, 0.6) is 0 Å². The normalized spacial score (nSPS) is 22.7. The van der Waals surface area contributed by atoms with Crippen LogP contribution in [0.1, 0.15) is 12.6 Å². The van der Waals surface area contributed by atoms with Crippen LogP contribution < -0.4 is 10.6 Å². The number of para-hydroxylation sites is 1. The number of aliphatic hydroxyl groups is 1. The van der Waals surface area contributed by atoms with Gasteiger partial charge in [-0.2, -0.15) is 5.10 Å². The Balaban J connectivity index is 1.68. The number of fused-ring (bicyclic) bond motifs is 1. The predicted octanol–water partition coefficient (Wildman–Crippen LogP) is 0.726. The van der Waals surface area contributed by atoms with Gasteiger partial charge in [0.15, 0.2) is 0 Å². The summed E-state index contributed by atoms with van der Waals surface area (Å²) in [5.74, 6) is 0.300. The molecule has 0 saturated carbocycles. The lowest BCUT2D eigenvalue weighted by Gasteiger charge is -2.13. The minimum absolute atomic E-state index is 0.229. The van der Waals surface area contributed by atoms with E-state index in [1.807, 2.05) is 10.7 Å². The van der Waals surface area contributed by atoms with Gasteiger partial charge in [-0.25, -0.2) is 0 Å². The maximum atomic E-state index is 9.78. The highest BCUT2D eigenvalue weighted by Crippen LogP contribution is 2.18. The summed E-state index contributed by atoms with van der Waals surface area (Å²) >= 11 is 0. The van der Waals surface area contributed by atoms with Gasteiger partial charge in [0.05, 0.1) is 17.3 Å². The lowest BCUT2D eigenvalue weighted by Crippen LogP contribution is -2.30. The molecule has 5 heteroatoms. The third-order valence-electron chi connectivity index (χ3n) is 4.04. The highest BCUT2D eigenvalue weighted by Gasteiger charge is 2.24. The number of rotatable bonds is 5. The number of aromatic nitrogens is 2. The smallest absolute Gasteiger partial charge is 0.0841 e. The fraction of sp³-hybridized carbons (Fsp3) is 0.533. The molecule has 1 saturated heterocycles. The van der Waals surface area contributed by atoms with Crippen molar-refractivity contribution in [2.75, 3.05) is 19.6 Å². The molecule has 1 aromatic heterocycles. The van der Waals surface area contributed by atoms with E-state index < -0.39 is 0 Å². The summed E-state index contributed by atoms with van der Waals surface area (Å²) in [6.45, 7) is 6.15. The second-order valence-corrected chi connectivity index (χ2v) is 5.40. The van der Waals surface area contributed by atoms with Gasteiger partial charge in [-0.15, -0.1) is 0 Å². The van der Waals surface area contributed by atoms with Crippen molar-refractivity contribution in [3.8, 4) is 0 Å². The Morgan fingerprint density at radius 1 is 1.40 bits per heavy atom. The molecule has 0 amide bonds. The van der Waals surface area contributed by atoms with Crippen LogP contribution in [-0.2, 0) is 13.1 Å². The van der Waals surface area contributed by atoms with Crippen molar-refractivity contribution < 1.29 is 5.11 Å². The molecule has 2 atom stereocenters. The van der Waals surface area contributed by atoms with Crippen molar-refractivity contribution >= 4 is 10.9 Å². The molecular weight excluding hydrogens is 252 g/mol. The molecule has 0 bridgehead atoms. The first kappa shape index (κ1) is 13.5. The molecular formula is C15H22N4O. The van der Waals surface area contributed by atoms with Crippen LogP contribution in [-0.4, -0.2) is 40.6 Å². The molecule has 2 heterocycles. The predicted molar refractivity (Wildman–Crippen MR) is 79.5 cm³/mol. The number of benzene rings is 1. The van der Waals surface area contributed by atoms with E-state index in [1.165, 1.54) is 10.9 Å². The van der Waals surface area contributed by atoms with E-state index in [2.05, 4.69) is 40.9 Å². The molecule has 108 valence electrons. The van der Waals surface area contributed by atoms with Crippen LogP contribution in [0.3, 0.4) is 0 Å². The van der Waals surface area contributed by atoms with E-state index in [1.54, 1.807) is 0 Å². The first-order valence-electron chi connectivity index (χ1n) is 7.33. The van der Waals surface area contributed by atoms with Gasteiger partial charge >= 0.3 is 0 Å². The maximum Gasteiger partial charge on any atom is 0.0841 e. The zero-order chi connectivity index (χ0) is 13.9. The van der Waals surface area contributed by atoms with Gasteiger partial charge in [-0.05, 0) is 13.0 Å². The van der Waals surface area contributed by atoms with E-state index in [0.29, 0.717) is 12.5 Å². The van der Waals surface area contributed by atoms with Crippen LogP contribution >= 0.6 is 0 Å².